The third-order valence-corrected chi connectivity index (χ3v) is 6.88. The van der Waals surface area contributed by atoms with Gasteiger partial charge in [0.1, 0.15) is 21.5 Å². The Morgan fingerprint density at radius 3 is 2.55 bits per heavy atom. The number of hydrogen-bond acceptors (Lipinski definition) is 5. The number of halogens is 3. The zero-order valence-corrected chi connectivity index (χ0v) is 16.4. The summed E-state index contributed by atoms with van der Waals surface area (Å²) in [5.74, 6) is 1.06. The number of nitrogens with one attached hydrogen (secondary N) is 1. The van der Waals surface area contributed by atoms with E-state index in [1.54, 1.807) is 18.3 Å². The third-order valence-electron chi connectivity index (χ3n) is 5.20. The van der Waals surface area contributed by atoms with Crippen molar-refractivity contribution in [2.24, 2.45) is 0 Å². The van der Waals surface area contributed by atoms with E-state index in [0.29, 0.717) is 48.7 Å². The Labute approximate surface area is 165 Å². The van der Waals surface area contributed by atoms with Crippen molar-refractivity contribution in [1.82, 2.24) is 15.0 Å². The molecular weight excluding hydrogens is 405 g/mol. The maximum Gasteiger partial charge on any atom is 0.416 e. The van der Waals surface area contributed by atoms with Crippen LogP contribution in [0.25, 0.3) is 22.4 Å². The van der Waals surface area contributed by atoms with Crippen LogP contribution in [0.15, 0.2) is 36.5 Å². The van der Waals surface area contributed by atoms with Gasteiger partial charge in [0.2, 0.25) is 0 Å². The molecule has 10 heteroatoms. The average molecular weight is 424 g/mol. The standard InChI is InChI=1S/C19H19F3N4O2S/c1-29(27,28)13-6-9-26(10-7-13)18-14(3-2-8-23-18)17-24-15-5-4-12(19(20,21)22)11-16(15)25-17/h2-5,8,11,13H,6-7,9-10H2,1H3,(H,24,25). The molecule has 1 fully saturated rings. The minimum absolute atomic E-state index is 0.223. The van der Waals surface area contributed by atoms with Gasteiger partial charge in [-0.1, -0.05) is 0 Å². The molecule has 0 bridgehead atoms. The minimum atomic E-state index is -4.43. The van der Waals surface area contributed by atoms with Gasteiger partial charge in [0.15, 0.2) is 0 Å². The number of aromatic amines is 1. The van der Waals surface area contributed by atoms with Crippen LogP contribution in [-0.4, -0.2) is 48.0 Å². The molecule has 0 aliphatic carbocycles. The Kier molecular flexibility index (Phi) is 4.76. The van der Waals surface area contributed by atoms with Crippen LogP contribution < -0.4 is 4.90 Å². The first-order valence-corrected chi connectivity index (χ1v) is 11.0. The highest BCUT2D eigenvalue weighted by molar-refractivity contribution is 7.91. The quantitative estimate of drug-likeness (QED) is 0.694. The number of anilines is 1. The number of benzene rings is 1. The molecule has 0 atom stereocenters. The molecule has 6 nitrogen and oxygen atoms in total. The van der Waals surface area contributed by atoms with Crippen molar-refractivity contribution in [2.45, 2.75) is 24.3 Å². The molecule has 2 aromatic heterocycles. The maximum absolute atomic E-state index is 13.0. The van der Waals surface area contributed by atoms with Crippen LogP contribution in [0.2, 0.25) is 0 Å². The highest BCUT2D eigenvalue weighted by Crippen LogP contribution is 2.34. The van der Waals surface area contributed by atoms with Gasteiger partial charge in [-0.25, -0.2) is 18.4 Å². The molecule has 1 aliphatic heterocycles. The molecule has 29 heavy (non-hydrogen) atoms. The van der Waals surface area contributed by atoms with Crippen LogP contribution >= 0.6 is 0 Å². The second-order valence-electron chi connectivity index (χ2n) is 7.21. The predicted molar refractivity (Wildman–Crippen MR) is 104 cm³/mol. The largest absolute Gasteiger partial charge is 0.416 e. The number of rotatable bonds is 3. The molecular formula is C19H19F3N4O2S. The number of pyridine rings is 1. The normalized spacial score (nSPS) is 16.5. The molecule has 1 N–H and O–H groups in total. The summed E-state index contributed by atoms with van der Waals surface area (Å²) in [7, 11) is -3.08. The zero-order chi connectivity index (χ0) is 20.8. The molecule has 3 heterocycles. The summed E-state index contributed by atoms with van der Waals surface area (Å²) in [6.07, 6.45) is -0.542. The average Bonchev–Trinajstić information content (AvgIpc) is 3.10. The molecule has 1 aromatic carbocycles. The number of hydrogen-bond donors (Lipinski definition) is 1. The lowest BCUT2D eigenvalue weighted by molar-refractivity contribution is -0.137. The van der Waals surface area contributed by atoms with Gasteiger partial charge in [-0.3, -0.25) is 0 Å². The summed E-state index contributed by atoms with van der Waals surface area (Å²) >= 11 is 0. The van der Waals surface area contributed by atoms with E-state index < -0.39 is 21.6 Å². The first-order valence-electron chi connectivity index (χ1n) is 9.09. The molecule has 154 valence electrons. The Morgan fingerprint density at radius 2 is 1.90 bits per heavy atom. The lowest BCUT2D eigenvalue weighted by Gasteiger charge is -2.32. The number of alkyl halides is 3. The summed E-state index contributed by atoms with van der Waals surface area (Å²) in [4.78, 5) is 13.8. The molecule has 0 saturated carbocycles. The van der Waals surface area contributed by atoms with Gasteiger partial charge < -0.3 is 9.88 Å². The summed E-state index contributed by atoms with van der Waals surface area (Å²) in [5, 5.41) is -0.363. The Bertz CT molecular complexity index is 1150. The van der Waals surface area contributed by atoms with E-state index >= 15 is 0 Å². The topological polar surface area (TPSA) is 79.0 Å². The Hall–Kier alpha value is -2.62. The Morgan fingerprint density at radius 1 is 1.17 bits per heavy atom. The van der Waals surface area contributed by atoms with E-state index in [-0.39, 0.29) is 10.8 Å². The highest BCUT2D eigenvalue weighted by Gasteiger charge is 2.31. The fourth-order valence-electron chi connectivity index (χ4n) is 3.64. The molecule has 0 amide bonds. The highest BCUT2D eigenvalue weighted by atomic mass is 32.2. The first kappa shape index (κ1) is 19.7. The monoisotopic (exact) mass is 424 g/mol. The van der Waals surface area contributed by atoms with Gasteiger partial charge in [-0.15, -0.1) is 0 Å². The van der Waals surface area contributed by atoms with Gasteiger partial charge in [0, 0.05) is 25.5 Å². The summed E-state index contributed by atoms with van der Waals surface area (Å²) in [6.45, 7) is 1.06. The zero-order valence-electron chi connectivity index (χ0n) is 15.6. The second kappa shape index (κ2) is 7.01. The third kappa shape index (κ3) is 3.93. The van der Waals surface area contributed by atoms with Crippen LogP contribution in [0.1, 0.15) is 18.4 Å². The fraction of sp³-hybridized carbons (Fsp3) is 0.368. The van der Waals surface area contributed by atoms with Gasteiger partial charge in [0.05, 0.1) is 27.4 Å². The van der Waals surface area contributed by atoms with E-state index in [9.17, 15) is 21.6 Å². The van der Waals surface area contributed by atoms with Crippen molar-refractivity contribution in [3.63, 3.8) is 0 Å². The molecule has 0 unspecified atom stereocenters. The van der Waals surface area contributed by atoms with Gasteiger partial charge in [0.25, 0.3) is 0 Å². The summed E-state index contributed by atoms with van der Waals surface area (Å²) in [6, 6.07) is 6.93. The van der Waals surface area contributed by atoms with Crippen molar-refractivity contribution in [3.8, 4) is 11.4 Å². The number of aromatic nitrogens is 3. The molecule has 1 saturated heterocycles. The lowest BCUT2D eigenvalue weighted by Crippen LogP contribution is -2.39. The Balaban J connectivity index is 1.67. The van der Waals surface area contributed by atoms with Crippen molar-refractivity contribution in [1.29, 1.82) is 0 Å². The van der Waals surface area contributed by atoms with Crippen LogP contribution in [0.5, 0.6) is 0 Å². The van der Waals surface area contributed by atoms with E-state index in [2.05, 4.69) is 15.0 Å². The number of sulfone groups is 1. The first-order chi connectivity index (χ1) is 13.6. The van der Waals surface area contributed by atoms with Gasteiger partial charge >= 0.3 is 6.18 Å². The van der Waals surface area contributed by atoms with Crippen LogP contribution in [0.4, 0.5) is 19.0 Å². The van der Waals surface area contributed by atoms with Crippen molar-refractivity contribution in [2.75, 3.05) is 24.2 Å². The summed E-state index contributed by atoms with van der Waals surface area (Å²) < 4.78 is 62.5. The second-order valence-corrected chi connectivity index (χ2v) is 9.53. The molecule has 4 rings (SSSR count). The minimum Gasteiger partial charge on any atom is -0.356 e. The maximum atomic E-state index is 13.0. The summed E-state index contributed by atoms with van der Waals surface area (Å²) in [5.41, 5.74) is 0.631. The smallest absolute Gasteiger partial charge is 0.356 e. The van der Waals surface area contributed by atoms with Gasteiger partial charge in [-0.2, -0.15) is 13.2 Å². The van der Waals surface area contributed by atoms with Crippen molar-refractivity contribution in [3.05, 3.63) is 42.1 Å². The van der Waals surface area contributed by atoms with E-state index in [0.717, 1.165) is 12.1 Å². The number of piperidine rings is 1. The van der Waals surface area contributed by atoms with Crippen molar-refractivity contribution < 1.29 is 21.6 Å². The molecule has 0 radical (unpaired) electrons. The SMILES string of the molecule is CS(=O)(=O)C1CCN(c2ncccc2-c2nc3cc(C(F)(F)F)ccc3[nH]2)CC1. The van der Waals surface area contributed by atoms with E-state index in [1.807, 2.05) is 4.90 Å². The number of nitrogens with zero attached hydrogens (tertiary/aromatic N) is 3. The molecule has 3 aromatic rings. The number of imidazole rings is 1. The molecule has 0 spiro atoms. The number of fused-ring (bicyclic) bond motifs is 1. The van der Waals surface area contributed by atoms with E-state index in [4.69, 9.17) is 0 Å². The lowest BCUT2D eigenvalue weighted by atomic mass is 10.1. The van der Waals surface area contributed by atoms with Crippen LogP contribution in [-0.2, 0) is 16.0 Å². The van der Waals surface area contributed by atoms with E-state index in [1.165, 1.54) is 12.3 Å². The van der Waals surface area contributed by atoms with Gasteiger partial charge in [-0.05, 0) is 43.2 Å². The predicted octanol–water partition coefficient (Wildman–Crippen LogP) is 3.66. The number of H-pyrrole nitrogens is 1. The van der Waals surface area contributed by atoms with Crippen LogP contribution in [0, 0.1) is 0 Å². The van der Waals surface area contributed by atoms with Crippen molar-refractivity contribution >= 4 is 26.7 Å². The van der Waals surface area contributed by atoms with Crippen LogP contribution in [0.3, 0.4) is 0 Å². The molecule has 1 aliphatic rings. The fourth-order valence-corrected chi connectivity index (χ4v) is 4.71.